The van der Waals surface area contributed by atoms with Gasteiger partial charge < -0.3 is 24.4 Å². The van der Waals surface area contributed by atoms with Crippen LogP contribution in [0.25, 0.3) is 10.9 Å². The van der Waals surface area contributed by atoms with E-state index in [4.69, 9.17) is 14.2 Å². The number of methoxy groups -OCH3 is 1. The molecule has 4 aliphatic heterocycles. The Morgan fingerprint density at radius 1 is 0.910 bits per heavy atom. The third kappa shape index (κ3) is 10.2. The van der Waals surface area contributed by atoms with Gasteiger partial charge in [0.2, 0.25) is 5.91 Å². The lowest BCUT2D eigenvalue weighted by Crippen LogP contribution is -2.49. The minimum atomic E-state index is -2.58. The van der Waals surface area contributed by atoms with Crippen LogP contribution in [0, 0.1) is 11.3 Å². The highest BCUT2D eigenvalue weighted by Gasteiger charge is 2.43. The highest BCUT2D eigenvalue weighted by atomic mass is 19.3. The second-order valence-electron chi connectivity index (χ2n) is 16.8. The van der Waals surface area contributed by atoms with E-state index < -0.39 is 18.0 Å². The molecule has 5 aromatic rings. The Hall–Kier alpha value is -7.10. The number of imide groups is 2. The molecule has 350 valence electrons. The average molecular weight is 918 g/mol. The maximum atomic E-state index is 13.6. The van der Waals surface area contributed by atoms with Crippen molar-refractivity contribution in [3.8, 4) is 29.1 Å². The predicted octanol–water partition coefficient (Wildman–Crippen LogP) is 6.84. The number of hydrogen-bond donors (Lipinski definition) is 2. The molecule has 3 fully saturated rings. The molecule has 0 saturated carbocycles. The van der Waals surface area contributed by atoms with Gasteiger partial charge in [0.25, 0.3) is 17.7 Å². The smallest absolute Gasteiger partial charge is 0.329 e. The van der Waals surface area contributed by atoms with Gasteiger partial charge in [0, 0.05) is 70.6 Å². The maximum absolute atomic E-state index is 13.6. The fraction of sp³-hybridized carbons (Fsp3) is 0.388. The number of nitrogens with zero attached hydrogens (tertiary/aromatic N) is 7. The number of aromatic nitrogens is 2. The number of fused-ring (bicyclic) bond motifs is 2. The first-order chi connectivity index (χ1) is 32.4. The third-order valence-corrected chi connectivity index (χ3v) is 12.3. The first-order valence-corrected chi connectivity index (χ1v) is 22.5. The third-order valence-electron chi connectivity index (χ3n) is 12.3. The number of ether oxygens (including phenoxy) is 3. The summed E-state index contributed by atoms with van der Waals surface area (Å²) in [7, 11) is 3.34. The lowest BCUT2D eigenvalue weighted by Gasteiger charge is -2.32. The van der Waals surface area contributed by atoms with Crippen molar-refractivity contribution in [3.05, 3.63) is 101 Å². The number of anilines is 2. The van der Waals surface area contributed by atoms with E-state index in [0.717, 1.165) is 54.9 Å². The number of rotatable bonds is 13. The number of urea groups is 1. The number of halogens is 2. The SMILES string of the molecule is CCOc1cc(C(CC#N)N2C(=O)c3cccc(N4CCNCC4)c3C2=O)ccc1OC.Cn1nc(N2CCC(=O)NC2=O)c2ccc(Oc3ccc(CCN4CCCC(F)(F)C4)cc3)cc21. The lowest BCUT2D eigenvalue weighted by atomic mass is 10.0. The Morgan fingerprint density at radius 2 is 1.69 bits per heavy atom. The molecule has 0 bridgehead atoms. The molecular weight excluding hydrogens is 865 g/mol. The quantitative estimate of drug-likeness (QED) is 0.118. The molecule has 3 saturated heterocycles. The number of piperidine rings is 1. The average Bonchev–Trinajstić information content (AvgIpc) is 3.78. The van der Waals surface area contributed by atoms with Gasteiger partial charge in [0.05, 0.1) is 61.1 Å². The van der Waals surface area contributed by atoms with E-state index >= 15 is 0 Å². The Labute approximate surface area is 386 Å². The summed E-state index contributed by atoms with van der Waals surface area (Å²) in [6.45, 7) is 6.90. The number of benzene rings is 4. The second kappa shape index (κ2) is 20.2. The number of carbonyl (C=O) groups is 4. The van der Waals surface area contributed by atoms with E-state index in [2.05, 4.69) is 26.7 Å². The lowest BCUT2D eigenvalue weighted by molar-refractivity contribution is -0.120. The molecule has 67 heavy (non-hydrogen) atoms. The van der Waals surface area contributed by atoms with E-state index in [0.29, 0.717) is 71.5 Å². The van der Waals surface area contributed by atoms with Crippen molar-refractivity contribution in [1.82, 2.24) is 30.2 Å². The molecule has 5 amide bonds. The van der Waals surface area contributed by atoms with Gasteiger partial charge in [0.1, 0.15) is 11.5 Å². The zero-order valence-corrected chi connectivity index (χ0v) is 37.7. The summed E-state index contributed by atoms with van der Waals surface area (Å²) < 4.78 is 45.9. The van der Waals surface area contributed by atoms with Crippen LogP contribution >= 0.6 is 0 Å². The molecule has 1 unspecified atom stereocenters. The van der Waals surface area contributed by atoms with Crippen LogP contribution in [0.5, 0.6) is 23.0 Å². The summed E-state index contributed by atoms with van der Waals surface area (Å²) in [6.07, 6.45) is 1.43. The highest BCUT2D eigenvalue weighted by Crippen LogP contribution is 2.40. The molecule has 18 heteroatoms. The number of hydrogen-bond acceptors (Lipinski definition) is 12. The zero-order chi connectivity index (χ0) is 47.2. The van der Waals surface area contributed by atoms with Crippen LogP contribution < -0.4 is 34.6 Å². The normalized spacial score (nSPS) is 17.6. The Balaban J connectivity index is 0.000000182. The standard InChI is InChI=1S/C25H27F2N5O3.C24H26N4O4/c1-30-21-15-19(7-8-20(21)23(29-30)32-14-10-22(33)28-24(32)34)35-18-5-3-17(4-6-18)9-13-31-12-2-11-25(26,27)16-31;1-3-32-21-15-16(7-8-20(21)31-2)18(9-10-25)28-23(29)17-5-4-6-19(22(17)24(28)30)27-13-11-26-12-14-27/h3-8,15H,2,9-14,16H2,1H3,(H,28,33,34);4-8,15,18,26H,3,9,11-14H2,1-2H3. The van der Waals surface area contributed by atoms with Gasteiger partial charge in [-0.25, -0.2) is 13.6 Å². The van der Waals surface area contributed by atoms with Crippen molar-refractivity contribution >= 4 is 46.2 Å². The number of nitrogens with one attached hydrogen (secondary N) is 2. The molecule has 0 radical (unpaired) electrons. The van der Waals surface area contributed by atoms with Gasteiger partial charge in [-0.15, -0.1) is 0 Å². The summed E-state index contributed by atoms with van der Waals surface area (Å²) >= 11 is 0. The van der Waals surface area contributed by atoms with E-state index in [1.165, 1.54) is 9.80 Å². The number of aryl methyl sites for hydroxylation is 1. The van der Waals surface area contributed by atoms with Gasteiger partial charge in [-0.2, -0.15) is 10.4 Å². The van der Waals surface area contributed by atoms with Crippen molar-refractivity contribution in [3.63, 3.8) is 0 Å². The van der Waals surface area contributed by atoms with Gasteiger partial charge >= 0.3 is 6.03 Å². The zero-order valence-electron chi connectivity index (χ0n) is 37.7. The van der Waals surface area contributed by atoms with Crippen LogP contribution in [0.4, 0.5) is 25.1 Å². The predicted molar refractivity (Wildman–Crippen MR) is 246 cm³/mol. The first kappa shape index (κ1) is 46.4. The molecular formula is C49H53F2N9O7. The summed E-state index contributed by atoms with van der Waals surface area (Å²) in [6, 6.07) is 24.7. The molecule has 4 aromatic carbocycles. The number of amides is 5. The van der Waals surface area contributed by atoms with Gasteiger partial charge in [0.15, 0.2) is 17.3 Å². The summed E-state index contributed by atoms with van der Waals surface area (Å²) in [5.41, 5.74) is 4.07. The van der Waals surface area contributed by atoms with Crippen molar-refractivity contribution in [2.75, 3.05) is 75.9 Å². The highest BCUT2D eigenvalue weighted by molar-refractivity contribution is 6.24. The molecule has 1 aromatic heterocycles. The van der Waals surface area contributed by atoms with Crippen LogP contribution in [-0.2, 0) is 18.3 Å². The summed E-state index contributed by atoms with van der Waals surface area (Å²) in [5.74, 6) is -0.781. The Bertz CT molecular complexity index is 2700. The minimum absolute atomic E-state index is 0.0178. The van der Waals surface area contributed by atoms with Crippen molar-refractivity contribution < 1.29 is 42.2 Å². The molecule has 2 N–H and O–H groups in total. The first-order valence-electron chi connectivity index (χ1n) is 22.5. The molecule has 1 atom stereocenters. The molecule has 0 spiro atoms. The van der Waals surface area contributed by atoms with Gasteiger partial charge in [-0.3, -0.25) is 39.1 Å². The number of piperazine rings is 1. The molecule has 4 aliphatic rings. The molecule has 0 aliphatic carbocycles. The number of alkyl halides is 2. The number of carbonyl (C=O) groups excluding carboxylic acids is 4. The molecule has 16 nitrogen and oxygen atoms in total. The van der Waals surface area contributed by atoms with Crippen molar-refractivity contribution in [2.45, 2.75) is 51.0 Å². The van der Waals surface area contributed by atoms with Crippen LogP contribution in [0.2, 0.25) is 0 Å². The Kier molecular flexibility index (Phi) is 14.0. The molecule has 5 heterocycles. The van der Waals surface area contributed by atoms with Crippen molar-refractivity contribution in [2.24, 2.45) is 7.05 Å². The van der Waals surface area contributed by atoms with E-state index in [9.17, 15) is 33.2 Å². The van der Waals surface area contributed by atoms with E-state index in [1.54, 1.807) is 43.1 Å². The van der Waals surface area contributed by atoms with Gasteiger partial charge in [-0.05, 0) is 86.0 Å². The number of likely N-dealkylation sites (tertiary alicyclic amines) is 1. The Morgan fingerprint density at radius 3 is 2.40 bits per heavy atom. The summed E-state index contributed by atoms with van der Waals surface area (Å²) in [4.78, 5) is 57.3. The largest absolute Gasteiger partial charge is 0.493 e. The van der Waals surface area contributed by atoms with Gasteiger partial charge in [-0.1, -0.05) is 24.3 Å². The fourth-order valence-corrected chi connectivity index (χ4v) is 8.98. The maximum Gasteiger partial charge on any atom is 0.329 e. The fourth-order valence-electron chi connectivity index (χ4n) is 8.98. The van der Waals surface area contributed by atoms with Crippen LogP contribution in [-0.4, -0.2) is 115 Å². The summed E-state index contributed by atoms with van der Waals surface area (Å²) in [5, 5.41) is 20.4. The topological polar surface area (TPSA) is 175 Å². The second-order valence-corrected chi connectivity index (χ2v) is 16.8. The minimum Gasteiger partial charge on any atom is -0.493 e. The van der Waals surface area contributed by atoms with Crippen molar-refractivity contribution in [1.29, 1.82) is 5.26 Å². The van der Waals surface area contributed by atoms with E-state index in [1.807, 2.05) is 66.4 Å². The van der Waals surface area contributed by atoms with Crippen LogP contribution in [0.1, 0.15) is 70.5 Å². The van der Waals surface area contributed by atoms with Crippen LogP contribution in [0.3, 0.4) is 0 Å². The van der Waals surface area contributed by atoms with E-state index in [-0.39, 0.29) is 50.1 Å². The van der Waals surface area contributed by atoms with Crippen LogP contribution in [0.15, 0.2) is 78.9 Å². The monoisotopic (exact) mass is 917 g/mol. The molecule has 9 rings (SSSR count). The number of nitriles is 1.